The summed E-state index contributed by atoms with van der Waals surface area (Å²) in [5.41, 5.74) is 4.37. The third-order valence-electron chi connectivity index (χ3n) is 9.57. The van der Waals surface area contributed by atoms with Crippen LogP contribution in [-0.2, 0) is 21.4 Å². The maximum Gasteiger partial charge on any atom is 0.241 e. The Morgan fingerprint density at radius 2 is 1.93 bits per heavy atom. The fraction of sp³-hybridized carbons (Fsp3) is 0.581. The highest BCUT2D eigenvalue weighted by Gasteiger charge is 2.43. The van der Waals surface area contributed by atoms with Crippen LogP contribution in [0.1, 0.15) is 50.4 Å². The molecule has 0 radical (unpaired) electrons. The highest BCUT2D eigenvalue weighted by atomic mass is 19.1. The number of hydrogen-bond acceptors (Lipinski definition) is 7. The quantitative estimate of drug-likeness (QED) is 0.496. The van der Waals surface area contributed by atoms with Gasteiger partial charge in [-0.2, -0.15) is 5.10 Å². The first-order valence-electron chi connectivity index (χ1n) is 15.0. The Morgan fingerprint density at radius 3 is 2.68 bits per heavy atom. The van der Waals surface area contributed by atoms with E-state index in [9.17, 15) is 9.18 Å². The van der Waals surface area contributed by atoms with Crippen LogP contribution in [0.4, 0.5) is 10.1 Å². The molecule has 1 aromatic carbocycles. The summed E-state index contributed by atoms with van der Waals surface area (Å²) >= 11 is 0. The maximum atomic E-state index is 14.2. The average Bonchev–Trinajstić information content (AvgIpc) is 3.58. The number of rotatable bonds is 6. The van der Waals surface area contributed by atoms with Crippen molar-refractivity contribution in [2.24, 2.45) is 0 Å². The largest absolute Gasteiger partial charge is 0.378 e. The summed E-state index contributed by atoms with van der Waals surface area (Å²) in [5.74, 6) is -0.135. The third kappa shape index (κ3) is 4.94. The number of anilines is 1. The van der Waals surface area contributed by atoms with Gasteiger partial charge in [0, 0.05) is 67.7 Å². The van der Waals surface area contributed by atoms with Crippen molar-refractivity contribution in [2.45, 2.75) is 69.6 Å². The second kappa shape index (κ2) is 10.4. The number of aromatic nitrogens is 3. The van der Waals surface area contributed by atoms with Crippen LogP contribution < -0.4 is 10.2 Å². The number of nitrogens with zero attached hydrogens (tertiary/aromatic N) is 6. The molecule has 1 amide bonds. The lowest BCUT2D eigenvalue weighted by atomic mass is 9.90. The van der Waals surface area contributed by atoms with Gasteiger partial charge in [0.1, 0.15) is 12.1 Å². The zero-order valence-electron chi connectivity index (χ0n) is 24.2. The zero-order valence-corrected chi connectivity index (χ0v) is 24.2. The van der Waals surface area contributed by atoms with Crippen molar-refractivity contribution in [3.63, 3.8) is 0 Å². The second-order valence-electron chi connectivity index (χ2n) is 13.1. The van der Waals surface area contributed by atoms with Crippen molar-refractivity contribution in [1.82, 2.24) is 29.7 Å². The van der Waals surface area contributed by atoms with Gasteiger partial charge in [-0.25, -0.2) is 13.9 Å². The number of carbonyl (C=O) groups is 1. The first-order valence-corrected chi connectivity index (χ1v) is 15.0. The molecule has 4 aliphatic rings. The fourth-order valence-electron chi connectivity index (χ4n) is 7.52. The predicted octanol–water partition coefficient (Wildman–Crippen LogP) is 2.61. The Kier molecular flexibility index (Phi) is 6.84. The van der Waals surface area contributed by atoms with E-state index in [1.165, 1.54) is 25.0 Å². The lowest BCUT2D eigenvalue weighted by molar-refractivity contribution is -0.121. The van der Waals surface area contributed by atoms with Crippen molar-refractivity contribution >= 4 is 17.2 Å². The number of benzene rings is 1. The SMILES string of the molecule is C[C@@H]1CN(CC(=O)N2CC(C)(C)c3c2cc(Cc2ccc(F)cc2)c2ncnn32)[C@@H](CN2C3CCC2COC3)CN1. The highest BCUT2D eigenvalue weighted by molar-refractivity contribution is 5.97. The molecule has 0 saturated carbocycles. The molecule has 0 spiro atoms. The van der Waals surface area contributed by atoms with E-state index in [4.69, 9.17) is 4.74 Å². The van der Waals surface area contributed by atoms with Gasteiger partial charge in [-0.3, -0.25) is 14.6 Å². The molecule has 218 valence electrons. The maximum absolute atomic E-state index is 14.2. The number of carbonyl (C=O) groups excluding carboxylic acids is 1. The minimum absolute atomic E-state index is 0.119. The number of piperazine rings is 1. The zero-order chi connectivity index (χ0) is 28.3. The van der Waals surface area contributed by atoms with E-state index in [2.05, 4.69) is 52.0 Å². The molecule has 7 rings (SSSR count). The van der Waals surface area contributed by atoms with Crippen LogP contribution in [0.15, 0.2) is 36.7 Å². The minimum Gasteiger partial charge on any atom is -0.378 e. The summed E-state index contributed by atoms with van der Waals surface area (Å²) in [5, 5.41) is 8.25. The summed E-state index contributed by atoms with van der Waals surface area (Å²) in [6, 6.07) is 10.3. The van der Waals surface area contributed by atoms with Gasteiger partial charge in [-0.15, -0.1) is 0 Å². The van der Waals surface area contributed by atoms with Crippen LogP contribution >= 0.6 is 0 Å². The molecule has 9 nitrogen and oxygen atoms in total. The molecule has 41 heavy (non-hydrogen) atoms. The van der Waals surface area contributed by atoms with Gasteiger partial charge in [0.25, 0.3) is 0 Å². The molecule has 4 atom stereocenters. The molecule has 3 aromatic rings. The predicted molar refractivity (Wildman–Crippen MR) is 155 cm³/mol. The van der Waals surface area contributed by atoms with Gasteiger partial charge in [-0.1, -0.05) is 26.0 Å². The minimum atomic E-state index is -0.283. The second-order valence-corrected chi connectivity index (χ2v) is 13.1. The number of halogens is 1. The van der Waals surface area contributed by atoms with Crippen LogP contribution in [0.2, 0.25) is 0 Å². The molecule has 4 aliphatic heterocycles. The lowest BCUT2D eigenvalue weighted by Crippen LogP contribution is -2.62. The summed E-state index contributed by atoms with van der Waals surface area (Å²) in [4.78, 5) is 25.8. The summed E-state index contributed by atoms with van der Waals surface area (Å²) in [6.07, 6.45) is 4.57. The molecule has 0 aliphatic carbocycles. The van der Waals surface area contributed by atoms with E-state index in [0.717, 1.165) is 61.0 Å². The number of hydrogen-bond donors (Lipinski definition) is 1. The molecular weight excluding hydrogens is 521 g/mol. The van der Waals surface area contributed by atoms with Gasteiger partial charge in [0.05, 0.1) is 31.1 Å². The Morgan fingerprint density at radius 1 is 1.17 bits per heavy atom. The van der Waals surface area contributed by atoms with Gasteiger partial charge in [-0.05, 0) is 43.5 Å². The van der Waals surface area contributed by atoms with E-state index in [0.29, 0.717) is 37.6 Å². The molecule has 2 bridgehead atoms. The number of pyridine rings is 1. The highest BCUT2D eigenvalue weighted by Crippen LogP contribution is 2.42. The van der Waals surface area contributed by atoms with E-state index in [-0.39, 0.29) is 23.2 Å². The van der Waals surface area contributed by atoms with Crippen molar-refractivity contribution < 1.29 is 13.9 Å². The van der Waals surface area contributed by atoms with Gasteiger partial charge >= 0.3 is 0 Å². The smallest absolute Gasteiger partial charge is 0.241 e. The number of amides is 1. The van der Waals surface area contributed by atoms with E-state index in [1.807, 2.05) is 9.42 Å². The number of fused-ring (bicyclic) bond motifs is 5. The third-order valence-corrected chi connectivity index (χ3v) is 9.57. The monoisotopic (exact) mass is 561 g/mol. The molecular formula is C31H40FN7O2. The molecule has 10 heteroatoms. The van der Waals surface area contributed by atoms with Crippen LogP contribution in [0.25, 0.3) is 5.65 Å². The van der Waals surface area contributed by atoms with Crippen LogP contribution in [0.5, 0.6) is 0 Å². The van der Waals surface area contributed by atoms with Crippen molar-refractivity contribution in [3.8, 4) is 0 Å². The lowest BCUT2D eigenvalue weighted by Gasteiger charge is -2.44. The Bertz CT molecular complexity index is 1420. The van der Waals surface area contributed by atoms with Crippen LogP contribution in [0, 0.1) is 5.82 Å². The number of nitrogens with one attached hydrogen (secondary N) is 1. The molecule has 1 N–H and O–H groups in total. The molecule has 2 unspecified atom stereocenters. The first kappa shape index (κ1) is 26.9. The van der Waals surface area contributed by atoms with Crippen molar-refractivity contribution in [3.05, 3.63) is 59.3 Å². The van der Waals surface area contributed by atoms with E-state index >= 15 is 0 Å². The fourth-order valence-corrected chi connectivity index (χ4v) is 7.52. The van der Waals surface area contributed by atoms with Crippen molar-refractivity contribution in [2.75, 3.05) is 50.8 Å². The van der Waals surface area contributed by atoms with E-state index < -0.39 is 0 Å². The summed E-state index contributed by atoms with van der Waals surface area (Å²) in [7, 11) is 0. The molecule has 3 saturated heterocycles. The Labute approximate surface area is 240 Å². The standard InChI is InChI=1S/C31H40FN7O2/c1-20-13-36(26(12-33-20)14-37-24-8-9-25(37)17-41-16-24)15-28(40)38-18-31(2,3)29-27(38)11-22(30-34-19-35-39(29)30)10-21-4-6-23(32)7-5-21/h4-7,11,19-20,24-26,33H,8-10,12-18H2,1-3H3/t20-,24?,25?,26-/m1/s1. The van der Waals surface area contributed by atoms with Gasteiger partial charge in [0.15, 0.2) is 5.65 Å². The Hall–Kier alpha value is -2.92. The number of morpholine rings is 1. The van der Waals surface area contributed by atoms with Crippen molar-refractivity contribution in [1.29, 1.82) is 0 Å². The van der Waals surface area contributed by atoms with Crippen LogP contribution in [0.3, 0.4) is 0 Å². The van der Waals surface area contributed by atoms with Crippen LogP contribution in [-0.4, -0.2) is 100 Å². The Balaban J connectivity index is 1.16. The van der Waals surface area contributed by atoms with Gasteiger partial charge < -0.3 is 15.0 Å². The van der Waals surface area contributed by atoms with E-state index in [1.54, 1.807) is 18.5 Å². The molecule has 2 aromatic heterocycles. The molecule has 6 heterocycles. The normalized spacial score (nSPS) is 28.0. The molecule has 3 fully saturated rings. The first-order chi connectivity index (χ1) is 19.8. The average molecular weight is 562 g/mol. The summed E-state index contributed by atoms with van der Waals surface area (Å²) in [6.45, 7) is 11.9. The number of ether oxygens (including phenoxy) is 1. The summed E-state index contributed by atoms with van der Waals surface area (Å²) < 4.78 is 21.3. The topological polar surface area (TPSA) is 78.2 Å². The van der Waals surface area contributed by atoms with Gasteiger partial charge in [0.2, 0.25) is 5.91 Å².